The van der Waals surface area contributed by atoms with Crippen molar-refractivity contribution in [2.75, 3.05) is 42.5 Å². The molecule has 1 aromatic carbocycles. The summed E-state index contributed by atoms with van der Waals surface area (Å²) < 4.78 is 0. The summed E-state index contributed by atoms with van der Waals surface area (Å²) in [6.07, 6.45) is 3.81. The zero-order valence-electron chi connectivity index (χ0n) is 15.7. The Kier molecular flexibility index (Phi) is 6.10. The van der Waals surface area contributed by atoms with E-state index in [1.165, 1.54) is 11.3 Å². The van der Waals surface area contributed by atoms with Crippen molar-refractivity contribution in [3.63, 3.8) is 0 Å². The number of unbranched alkanes of at least 4 members (excludes halogenated alkanes) is 1. The predicted octanol–water partition coefficient (Wildman–Crippen LogP) is 3.25. The molecule has 2 heterocycles. The van der Waals surface area contributed by atoms with Crippen molar-refractivity contribution in [3.8, 4) is 0 Å². The van der Waals surface area contributed by atoms with E-state index in [4.69, 9.17) is 0 Å². The van der Waals surface area contributed by atoms with E-state index >= 15 is 0 Å². The molecule has 1 fully saturated rings. The van der Waals surface area contributed by atoms with Crippen LogP contribution in [-0.4, -0.2) is 43.6 Å². The van der Waals surface area contributed by atoms with Crippen LogP contribution in [0.4, 0.5) is 11.5 Å². The van der Waals surface area contributed by atoms with Crippen LogP contribution in [-0.2, 0) is 0 Å². The van der Waals surface area contributed by atoms with Gasteiger partial charge in [-0.25, -0.2) is 4.98 Å². The number of hydrogen-bond donors (Lipinski definition) is 1. The topological polar surface area (TPSA) is 48.5 Å². The molecule has 3 rings (SSSR count). The van der Waals surface area contributed by atoms with Crippen LogP contribution in [0.15, 0.2) is 42.6 Å². The van der Waals surface area contributed by atoms with E-state index in [9.17, 15) is 4.79 Å². The maximum absolute atomic E-state index is 12.3. The third-order valence-corrected chi connectivity index (χ3v) is 4.79. The fourth-order valence-corrected chi connectivity index (χ4v) is 3.23. The number of rotatable bonds is 6. The number of amides is 1. The Hall–Kier alpha value is -2.56. The first kappa shape index (κ1) is 18.2. The van der Waals surface area contributed by atoms with Gasteiger partial charge in [-0.3, -0.25) is 4.79 Å². The summed E-state index contributed by atoms with van der Waals surface area (Å²) in [6.45, 7) is 8.69. The quantitative estimate of drug-likeness (QED) is 0.811. The van der Waals surface area contributed by atoms with Crippen LogP contribution in [0, 0.1) is 6.92 Å². The van der Waals surface area contributed by atoms with Crippen molar-refractivity contribution < 1.29 is 4.79 Å². The molecule has 1 aromatic heterocycles. The Balaban J connectivity index is 1.61. The Morgan fingerprint density at radius 3 is 2.62 bits per heavy atom. The molecule has 0 radical (unpaired) electrons. The summed E-state index contributed by atoms with van der Waals surface area (Å²) in [5.41, 5.74) is 3.25. The summed E-state index contributed by atoms with van der Waals surface area (Å²) in [5.74, 6) is 0.873. The smallest absolute Gasteiger partial charge is 0.251 e. The number of aryl methyl sites for hydroxylation is 1. The number of pyridine rings is 1. The highest BCUT2D eigenvalue weighted by Crippen LogP contribution is 2.20. The second-order valence-corrected chi connectivity index (χ2v) is 6.83. The lowest BCUT2D eigenvalue weighted by Crippen LogP contribution is -2.46. The van der Waals surface area contributed by atoms with Crippen LogP contribution in [0.1, 0.15) is 35.7 Å². The van der Waals surface area contributed by atoms with Crippen molar-refractivity contribution >= 4 is 17.4 Å². The number of aromatic nitrogens is 1. The van der Waals surface area contributed by atoms with Gasteiger partial charge in [0.25, 0.3) is 5.91 Å². The highest BCUT2D eigenvalue weighted by atomic mass is 16.1. The minimum atomic E-state index is -0.0134. The SMILES string of the molecule is CCCCNC(=O)c1ccnc(N2CCN(c3cccc(C)c3)CC2)c1. The molecule has 5 heteroatoms. The number of anilines is 2. The van der Waals surface area contributed by atoms with Gasteiger partial charge in [0.2, 0.25) is 0 Å². The molecule has 26 heavy (non-hydrogen) atoms. The van der Waals surface area contributed by atoms with E-state index in [1.807, 2.05) is 6.07 Å². The van der Waals surface area contributed by atoms with Gasteiger partial charge in [0.1, 0.15) is 5.82 Å². The monoisotopic (exact) mass is 352 g/mol. The van der Waals surface area contributed by atoms with Gasteiger partial charge < -0.3 is 15.1 Å². The molecule has 5 nitrogen and oxygen atoms in total. The normalized spacial score (nSPS) is 14.4. The number of hydrogen-bond acceptors (Lipinski definition) is 4. The lowest BCUT2D eigenvalue weighted by molar-refractivity contribution is 0.0953. The summed E-state index contributed by atoms with van der Waals surface area (Å²) in [6, 6.07) is 12.3. The summed E-state index contributed by atoms with van der Waals surface area (Å²) in [7, 11) is 0. The highest BCUT2D eigenvalue weighted by molar-refractivity contribution is 5.94. The minimum absolute atomic E-state index is 0.0134. The second kappa shape index (κ2) is 8.70. The standard InChI is InChI=1S/C21H28N4O/c1-3-4-9-23-21(26)18-8-10-22-20(16-18)25-13-11-24(12-14-25)19-7-5-6-17(2)15-19/h5-8,10,15-16H,3-4,9,11-14H2,1-2H3,(H,23,26). The van der Waals surface area contributed by atoms with Crippen molar-refractivity contribution in [3.05, 3.63) is 53.7 Å². The Morgan fingerprint density at radius 2 is 1.88 bits per heavy atom. The molecule has 0 aliphatic carbocycles. The summed E-state index contributed by atoms with van der Waals surface area (Å²) in [5, 5.41) is 2.97. The fourth-order valence-electron chi connectivity index (χ4n) is 3.23. The van der Waals surface area contributed by atoms with Crippen molar-refractivity contribution in [1.29, 1.82) is 0 Å². The van der Waals surface area contributed by atoms with E-state index in [1.54, 1.807) is 12.3 Å². The van der Waals surface area contributed by atoms with Gasteiger partial charge in [0.05, 0.1) is 0 Å². The van der Waals surface area contributed by atoms with E-state index < -0.39 is 0 Å². The molecule has 1 aliphatic heterocycles. The maximum atomic E-state index is 12.3. The van der Waals surface area contributed by atoms with Crippen molar-refractivity contribution in [1.82, 2.24) is 10.3 Å². The van der Waals surface area contributed by atoms with Crippen LogP contribution in [0.25, 0.3) is 0 Å². The van der Waals surface area contributed by atoms with Gasteiger partial charge in [0.15, 0.2) is 0 Å². The third-order valence-electron chi connectivity index (χ3n) is 4.79. The van der Waals surface area contributed by atoms with Crippen LogP contribution in [0.3, 0.4) is 0 Å². The molecule has 0 saturated carbocycles. The number of nitrogens with zero attached hydrogens (tertiary/aromatic N) is 3. The Morgan fingerprint density at radius 1 is 1.12 bits per heavy atom. The maximum Gasteiger partial charge on any atom is 0.251 e. The number of carbonyl (C=O) groups is 1. The molecule has 1 aliphatic rings. The number of benzene rings is 1. The first-order valence-corrected chi connectivity index (χ1v) is 9.48. The van der Waals surface area contributed by atoms with Gasteiger partial charge in [-0.05, 0) is 43.2 Å². The van der Waals surface area contributed by atoms with E-state index in [-0.39, 0.29) is 5.91 Å². The van der Waals surface area contributed by atoms with Gasteiger partial charge in [0, 0.05) is 50.2 Å². The van der Waals surface area contributed by atoms with Gasteiger partial charge in [-0.2, -0.15) is 0 Å². The van der Waals surface area contributed by atoms with Crippen LogP contribution in [0.5, 0.6) is 0 Å². The molecule has 1 N–H and O–H groups in total. The van der Waals surface area contributed by atoms with E-state index in [0.29, 0.717) is 5.56 Å². The molecule has 0 atom stereocenters. The van der Waals surface area contributed by atoms with Crippen LogP contribution >= 0.6 is 0 Å². The van der Waals surface area contributed by atoms with Gasteiger partial charge >= 0.3 is 0 Å². The zero-order chi connectivity index (χ0) is 18.4. The molecular weight excluding hydrogens is 324 g/mol. The summed E-state index contributed by atoms with van der Waals surface area (Å²) >= 11 is 0. The lowest BCUT2D eigenvalue weighted by atomic mass is 10.2. The first-order chi connectivity index (χ1) is 12.7. The van der Waals surface area contributed by atoms with Gasteiger partial charge in [-0.15, -0.1) is 0 Å². The molecule has 1 saturated heterocycles. The molecule has 138 valence electrons. The number of nitrogens with one attached hydrogen (secondary N) is 1. The van der Waals surface area contributed by atoms with E-state index in [2.05, 4.69) is 58.2 Å². The van der Waals surface area contributed by atoms with Crippen LogP contribution < -0.4 is 15.1 Å². The first-order valence-electron chi connectivity index (χ1n) is 9.48. The van der Waals surface area contributed by atoms with Crippen molar-refractivity contribution in [2.24, 2.45) is 0 Å². The second-order valence-electron chi connectivity index (χ2n) is 6.83. The van der Waals surface area contributed by atoms with Crippen molar-refractivity contribution in [2.45, 2.75) is 26.7 Å². The average molecular weight is 352 g/mol. The highest BCUT2D eigenvalue weighted by Gasteiger charge is 2.19. The number of piperazine rings is 1. The molecule has 2 aromatic rings. The third kappa shape index (κ3) is 4.54. The predicted molar refractivity (Wildman–Crippen MR) is 107 cm³/mol. The van der Waals surface area contributed by atoms with Gasteiger partial charge in [-0.1, -0.05) is 25.5 Å². The Labute approximate surface area is 156 Å². The molecule has 0 bridgehead atoms. The number of carbonyl (C=O) groups excluding carboxylic acids is 1. The molecule has 0 spiro atoms. The average Bonchev–Trinajstić information content (AvgIpc) is 2.68. The fraction of sp³-hybridized carbons (Fsp3) is 0.429. The van der Waals surface area contributed by atoms with Crippen LogP contribution in [0.2, 0.25) is 0 Å². The lowest BCUT2D eigenvalue weighted by Gasteiger charge is -2.37. The minimum Gasteiger partial charge on any atom is -0.368 e. The molecular formula is C21H28N4O. The Bertz CT molecular complexity index is 738. The largest absolute Gasteiger partial charge is 0.368 e. The zero-order valence-corrected chi connectivity index (χ0v) is 15.7. The van der Waals surface area contributed by atoms with E-state index in [0.717, 1.165) is 51.4 Å². The molecule has 0 unspecified atom stereocenters. The molecule has 1 amide bonds. The summed E-state index contributed by atoms with van der Waals surface area (Å²) in [4.78, 5) is 21.4.